The van der Waals surface area contributed by atoms with Crippen LogP contribution in [-0.4, -0.2) is 28.1 Å². The maximum absolute atomic E-state index is 8.67. The molecule has 104 valence electrons. The Hall–Kier alpha value is -2.83. The summed E-state index contributed by atoms with van der Waals surface area (Å²) in [6, 6.07) is 8.69. The molecule has 1 heterocycles. The van der Waals surface area contributed by atoms with Gasteiger partial charge < -0.3 is 20.4 Å². The quantitative estimate of drug-likeness (QED) is 0.380. The summed E-state index contributed by atoms with van der Waals surface area (Å²) in [7, 11) is 1.59. The van der Waals surface area contributed by atoms with Crippen LogP contribution in [-0.2, 0) is 0 Å². The molecule has 7 heteroatoms. The average molecular weight is 274 g/mol. The highest BCUT2D eigenvalue weighted by Crippen LogP contribution is 2.21. The van der Waals surface area contributed by atoms with Gasteiger partial charge in [-0.3, -0.25) is 0 Å². The van der Waals surface area contributed by atoms with Crippen LogP contribution in [0, 0.1) is 6.92 Å². The van der Waals surface area contributed by atoms with E-state index in [1.165, 1.54) is 0 Å². The molecule has 0 aliphatic carbocycles. The van der Waals surface area contributed by atoms with E-state index in [2.05, 4.69) is 15.1 Å². The fourth-order valence-electron chi connectivity index (χ4n) is 1.52. The van der Waals surface area contributed by atoms with Gasteiger partial charge in [0.2, 0.25) is 0 Å². The lowest BCUT2D eigenvalue weighted by molar-refractivity contribution is 0.318. The van der Waals surface area contributed by atoms with Crippen LogP contribution in [0.2, 0.25) is 0 Å². The Morgan fingerprint density at radius 3 is 2.45 bits per heavy atom. The molecule has 0 radical (unpaired) electrons. The van der Waals surface area contributed by atoms with Crippen molar-refractivity contribution in [3.8, 4) is 17.5 Å². The van der Waals surface area contributed by atoms with Crippen molar-refractivity contribution in [3.63, 3.8) is 0 Å². The van der Waals surface area contributed by atoms with Crippen molar-refractivity contribution in [1.82, 2.24) is 9.97 Å². The summed E-state index contributed by atoms with van der Waals surface area (Å²) < 4.78 is 10.6. The monoisotopic (exact) mass is 274 g/mol. The van der Waals surface area contributed by atoms with Crippen LogP contribution in [0.4, 0.5) is 0 Å². The van der Waals surface area contributed by atoms with E-state index in [9.17, 15) is 0 Å². The van der Waals surface area contributed by atoms with Gasteiger partial charge in [0.25, 0.3) is 0 Å². The molecular formula is C13H14N4O3. The zero-order chi connectivity index (χ0) is 14.5. The van der Waals surface area contributed by atoms with Gasteiger partial charge in [-0.05, 0) is 37.3 Å². The van der Waals surface area contributed by atoms with E-state index in [1.807, 2.05) is 0 Å². The molecule has 0 spiro atoms. The fourth-order valence-corrected chi connectivity index (χ4v) is 1.52. The lowest BCUT2D eigenvalue weighted by Crippen LogP contribution is -2.16. The number of rotatable bonds is 4. The highest BCUT2D eigenvalue weighted by molar-refractivity contribution is 5.95. The third-order valence-corrected chi connectivity index (χ3v) is 2.47. The summed E-state index contributed by atoms with van der Waals surface area (Å²) in [6.07, 6.45) is 0. The molecule has 0 aliphatic heterocycles. The minimum absolute atomic E-state index is 0.102. The van der Waals surface area contributed by atoms with E-state index < -0.39 is 0 Å². The number of hydrogen-bond acceptors (Lipinski definition) is 6. The Morgan fingerprint density at radius 2 is 1.85 bits per heavy atom. The first-order chi connectivity index (χ1) is 9.62. The molecule has 0 aliphatic rings. The number of aryl methyl sites for hydroxylation is 1. The van der Waals surface area contributed by atoms with Crippen molar-refractivity contribution >= 4 is 5.84 Å². The molecule has 0 fully saturated rings. The minimum atomic E-state index is -0.102. The molecule has 0 bridgehead atoms. The molecule has 0 unspecified atom stereocenters. The van der Waals surface area contributed by atoms with Gasteiger partial charge in [-0.2, -0.15) is 4.98 Å². The van der Waals surface area contributed by atoms with Gasteiger partial charge in [0.15, 0.2) is 5.84 Å². The molecule has 0 amide bonds. The number of amidine groups is 1. The largest absolute Gasteiger partial charge is 0.497 e. The third-order valence-electron chi connectivity index (χ3n) is 2.47. The van der Waals surface area contributed by atoms with Crippen molar-refractivity contribution in [2.24, 2.45) is 10.9 Å². The fraction of sp³-hybridized carbons (Fsp3) is 0.154. The zero-order valence-corrected chi connectivity index (χ0v) is 11.1. The number of aromatic nitrogens is 2. The Morgan fingerprint density at radius 1 is 1.20 bits per heavy atom. The Balaban J connectivity index is 2.26. The van der Waals surface area contributed by atoms with Crippen LogP contribution in [0.15, 0.2) is 35.5 Å². The van der Waals surface area contributed by atoms with E-state index in [0.29, 0.717) is 17.1 Å². The summed E-state index contributed by atoms with van der Waals surface area (Å²) in [5.41, 5.74) is 6.44. The molecule has 2 aromatic rings. The van der Waals surface area contributed by atoms with Gasteiger partial charge in [0.05, 0.1) is 7.11 Å². The van der Waals surface area contributed by atoms with Crippen LogP contribution in [0.1, 0.15) is 11.4 Å². The summed E-state index contributed by atoms with van der Waals surface area (Å²) in [4.78, 5) is 8.19. The van der Waals surface area contributed by atoms with E-state index in [1.54, 1.807) is 44.4 Å². The SMILES string of the molecule is COc1ccc(Oc2nc(C)cc(/C(N)=N/O)n2)cc1. The predicted molar refractivity (Wildman–Crippen MR) is 72.3 cm³/mol. The molecule has 1 aromatic heterocycles. The molecule has 0 atom stereocenters. The van der Waals surface area contributed by atoms with E-state index in [4.69, 9.17) is 20.4 Å². The van der Waals surface area contributed by atoms with Gasteiger partial charge in [0, 0.05) is 5.69 Å². The van der Waals surface area contributed by atoms with Crippen LogP contribution in [0.25, 0.3) is 0 Å². The van der Waals surface area contributed by atoms with E-state index in [0.717, 1.165) is 5.75 Å². The van der Waals surface area contributed by atoms with Crippen molar-refractivity contribution in [1.29, 1.82) is 0 Å². The second-order valence-corrected chi connectivity index (χ2v) is 3.94. The second kappa shape index (κ2) is 5.87. The third kappa shape index (κ3) is 3.14. The summed E-state index contributed by atoms with van der Waals surface area (Å²) >= 11 is 0. The number of benzene rings is 1. The summed E-state index contributed by atoms with van der Waals surface area (Å²) in [5, 5.41) is 11.6. The molecule has 2 rings (SSSR count). The smallest absolute Gasteiger partial charge is 0.322 e. The standard InChI is InChI=1S/C13H14N4O3/c1-8-7-11(12(14)17-18)16-13(15-8)20-10-5-3-9(19-2)4-6-10/h3-7,18H,1-2H3,(H2,14,17). The van der Waals surface area contributed by atoms with Crippen molar-refractivity contribution in [2.45, 2.75) is 6.92 Å². The number of oxime groups is 1. The number of nitrogens with two attached hydrogens (primary N) is 1. The minimum Gasteiger partial charge on any atom is -0.497 e. The lowest BCUT2D eigenvalue weighted by Gasteiger charge is -2.07. The number of methoxy groups -OCH3 is 1. The first-order valence-corrected chi connectivity index (χ1v) is 5.78. The summed E-state index contributed by atoms with van der Waals surface area (Å²) in [6.45, 7) is 1.76. The topological polar surface area (TPSA) is 103 Å². The van der Waals surface area contributed by atoms with Crippen LogP contribution < -0.4 is 15.2 Å². The second-order valence-electron chi connectivity index (χ2n) is 3.94. The summed E-state index contributed by atoms with van der Waals surface area (Å²) in [5.74, 6) is 1.18. The van der Waals surface area contributed by atoms with Gasteiger partial charge in [-0.1, -0.05) is 5.16 Å². The maximum atomic E-state index is 8.67. The molecule has 0 saturated heterocycles. The number of hydrogen-bond donors (Lipinski definition) is 2. The molecule has 3 N–H and O–H groups in total. The average Bonchev–Trinajstić information content (AvgIpc) is 2.46. The first kappa shape index (κ1) is 13.6. The first-order valence-electron chi connectivity index (χ1n) is 5.78. The van der Waals surface area contributed by atoms with Crippen molar-refractivity contribution in [3.05, 3.63) is 41.7 Å². The van der Waals surface area contributed by atoms with Crippen LogP contribution in [0.3, 0.4) is 0 Å². The molecule has 1 aromatic carbocycles. The van der Waals surface area contributed by atoms with E-state index >= 15 is 0 Å². The van der Waals surface area contributed by atoms with Crippen LogP contribution in [0.5, 0.6) is 17.5 Å². The van der Waals surface area contributed by atoms with Crippen molar-refractivity contribution in [2.75, 3.05) is 7.11 Å². The molecule has 0 saturated carbocycles. The Kier molecular flexibility index (Phi) is 3.99. The zero-order valence-electron chi connectivity index (χ0n) is 11.1. The van der Waals surface area contributed by atoms with Gasteiger partial charge >= 0.3 is 6.01 Å². The van der Waals surface area contributed by atoms with Crippen molar-refractivity contribution < 1.29 is 14.7 Å². The maximum Gasteiger partial charge on any atom is 0.322 e. The van der Waals surface area contributed by atoms with Gasteiger partial charge in [0.1, 0.15) is 17.2 Å². The van der Waals surface area contributed by atoms with Gasteiger partial charge in [-0.15, -0.1) is 0 Å². The normalized spacial score (nSPS) is 11.2. The Bertz CT molecular complexity index is 626. The molecule has 20 heavy (non-hydrogen) atoms. The Labute approximate surface area is 115 Å². The highest BCUT2D eigenvalue weighted by atomic mass is 16.5. The lowest BCUT2D eigenvalue weighted by atomic mass is 10.3. The number of ether oxygens (including phenoxy) is 2. The van der Waals surface area contributed by atoms with E-state index in [-0.39, 0.29) is 11.8 Å². The molecular weight excluding hydrogens is 260 g/mol. The number of nitrogens with zero attached hydrogens (tertiary/aromatic N) is 3. The van der Waals surface area contributed by atoms with Crippen LogP contribution >= 0.6 is 0 Å². The van der Waals surface area contributed by atoms with Gasteiger partial charge in [-0.25, -0.2) is 4.98 Å². The molecule has 7 nitrogen and oxygen atoms in total. The predicted octanol–water partition coefficient (Wildman–Crippen LogP) is 1.68. The highest BCUT2D eigenvalue weighted by Gasteiger charge is 2.08.